The summed E-state index contributed by atoms with van der Waals surface area (Å²) in [6, 6.07) is 7.02. The van der Waals surface area contributed by atoms with E-state index in [4.69, 9.17) is 5.73 Å². The fraction of sp³-hybridized carbons (Fsp3) is 0.625. The predicted molar refractivity (Wildman–Crippen MR) is 85.3 cm³/mol. The molecule has 0 radical (unpaired) electrons. The minimum atomic E-state index is 0.773. The first kappa shape index (κ1) is 13.7. The quantitative estimate of drug-likeness (QED) is 0.801. The number of rotatable bonds is 2. The van der Waals surface area contributed by atoms with Gasteiger partial charge in [-0.25, -0.2) is 0 Å². The maximum atomic E-state index is 5.94. The highest BCUT2D eigenvalue weighted by Crippen LogP contribution is 2.27. The highest BCUT2D eigenvalue weighted by molar-refractivity contribution is 5.61. The van der Waals surface area contributed by atoms with E-state index in [0.29, 0.717) is 0 Å². The maximum absolute atomic E-state index is 5.94. The molecule has 1 aromatic rings. The summed E-state index contributed by atoms with van der Waals surface area (Å²) in [5, 5.41) is 3.44. The maximum Gasteiger partial charge on any atom is 0.0416 e. The zero-order valence-corrected chi connectivity index (χ0v) is 12.4. The van der Waals surface area contributed by atoms with Crippen molar-refractivity contribution in [2.24, 2.45) is 0 Å². The number of nitrogen functional groups attached to an aromatic ring is 1. The van der Waals surface area contributed by atoms with Gasteiger partial charge in [-0.05, 0) is 37.5 Å². The van der Waals surface area contributed by atoms with Gasteiger partial charge in [-0.3, -0.25) is 4.90 Å². The number of hydrogen-bond donors (Lipinski definition) is 2. The number of nitrogens with one attached hydrogen (secondary N) is 1. The van der Waals surface area contributed by atoms with Gasteiger partial charge in [0.05, 0.1) is 0 Å². The van der Waals surface area contributed by atoms with Crippen LogP contribution in [0.25, 0.3) is 0 Å². The van der Waals surface area contributed by atoms with E-state index in [-0.39, 0.29) is 0 Å². The fourth-order valence-electron chi connectivity index (χ4n) is 3.49. The Bertz CT molecular complexity index is 446. The summed E-state index contributed by atoms with van der Waals surface area (Å²) in [4.78, 5) is 5.17. The molecule has 2 aliphatic rings. The van der Waals surface area contributed by atoms with Crippen LogP contribution in [0, 0.1) is 6.92 Å². The van der Waals surface area contributed by atoms with Crippen molar-refractivity contribution >= 4 is 11.4 Å². The molecule has 1 aromatic carbocycles. The van der Waals surface area contributed by atoms with Gasteiger partial charge in [0.15, 0.2) is 0 Å². The third-order valence-corrected chi connectivity index (χ3v) is 4.71. The van der Waals surface area contributed by atoms with Crippen molar-refractivity contribution in [2.75, 3.05) is 49.9 Å². The zero-order valence-electron chi connectivity index (χ0n) is 12.4. The van der Waals surface area contributed by atoms with E-state index < -0.39 is 0 Å². The Labute approximate surface area is 121 Å². The number of piperidine rings is 1. The van der Waals surface area contributed by atoms with Gasteiger partial charge in [0.25, 0.3) is 0 Å². The molecule has 20 heavy (non-hydrogen) atoms. The smallest absolute Gasteiger partial charge is 0.0416 e. The van der Waals surface area contributed by atoms with Crippen molar-refractivity contribution in [1.82, 2.24) is 10.2 Å². The molecule has 0 unspecified atom stereocenters. The summed E-state index contributed by atoms with van der Waals surface area (Å²) in [6.07, 6.45) is 2.54. The van der Waals surface area contributed by atoms with E-state index in [9.17, 15) is 0 Å². The van der Waals surface area contributed by atoms with Crippen LogP contribution in [-0.2, 0) is 0 Å². The van der Waals surface area contributed by atoms with Crippen LogP contribution in [0.4, 0.5) is 11.4 Å². The largest absolute Gasteiger partial charge is 0.399 e. The van der Waals surface area contributed by atoms with Crippen LogP contribution < -0.4 is 16.0 Å². The second-order valence-corrected chi connectivity index (χ2v) is 6.05. The molecule has 0 bridgehead atoms. The summed E-state index contributed by atoms with van der Waals surface area (Å²) in [5.41, 5.74) is 9.46. The number of nitrogens with two attached hydrogens (primary N) is 1. The first-order valence-corrected chi connectivity index (χ1v) is 7.80. The van der Waals surface area contributed by atoms with Gasteiger partial charge in [0, 0.05) is 56.7 Å². The average Bonchev–Trinajstić information content (AvgIpc) is 2.51. The molecule has 3 N–H and O–H groups in total. The SMILES string of the molecule is Cc1ccc(N)cc1N1CCC(N2CCNCC2)CC1. The van der Waals surface area contributed by atoms with Crippen LogP contribution in [0.1, 0.15) is 18.4 Å². The molecule has 2 heterocycles. The van der Waals surface area contributed by atoms with Gasteiger partial charge in [0.2, 0.25) is 0 Å². The molecule has 110 valence electrons. The molecule has 4 nitrogen and oxygen atoms in total. The van der Waals surface area contributed by atoms with Gasteiger partial charge in [0.1, 0.15) is 0 Å². The Morgan fingerprint density at radius 1 is 1.10 bits per heavy atom. The average molecular weight is 274 g/mol. The van der Waals surface area contributed by atoms with E-state index in [2.05, 4.69) is 34.2 Å². The highest BCUT2D eigenvalue weighted by Gasteiger charge is 2.26. The topological polar surface area (TPSA) is 44.5 Å². The standard InChI is InChI=1S/C16H26N4/c1-13-2-3-14(17)12-16(13)20-8-4-15(5-9-20)19-10-6-18-7-11-19/h2-3,12,15,18H,4-11,17H2,1H3. The van der Waals surface area contributed by atoms with Crippen LogP contribution in [0.3, 0.4) is 0 Å². The van der Waals surface area contributed by atoms with Crippen molar-refractivity contribution in [2.45, 2.75) is 25.8 Å². The number of nitrogens with zero attached hydrogens (tertiary/aromatic N) is 2. The van der Waals surface area contributed by atoms with Crippen LogP contribution in [0.2, 0.25) is 0 Å². The molecule has 2 saturated heterocycles. The molecule has 3 rings (SSSR count). The van der Waals surface area contributed by atoms with Gasteiger partial charge in [-0.15, -0.1) is 0 Å². The first-order chi connectivity index (χ1) is 9.74. The molecule has 4 heteroatoms. The van der Waals surface area contributed by atoms with Crippen molar-refractivity contribution in [3.05, 3.63) is 23.8 Å². The lowest BCUT2D eigenvalue weighted by molar-refractivity contribution is 0.150. The minimum absolute atomic E-state index is 0.773. The third-order valence-electron chi connectivity index (χ3n) is 4.71. The van der Waals surface area contributed by atoms with Crippen LogP contribution in [-0.4, -0.2) is 50.2 Å². The Morgan fingerprint density at radius 2 is 1.80 bits per heavy atom. The highest BCUT2D eigenvalue weighted by atomic mass is 15.2. The molecule has 0 atom stereocenters. The molecule has 0 amide bonds. The summed E-state index contributed by atoms with van der Waals surface area (Å²) in [5.74, 6) is 0. The van der Waals surface area contributed by atoms with Crippen molar-refractivity contribution < 1.29 is 0 Å². The van der Waals surface area contributed by atoms with Crippen LogP contribution >= 0.6 is 0 Å². The number of anilines is 2. The number of piperazine rings is 1. The van der Waals surface area contributed by atoms with E-state index in [1.54, 1.807) is 0 Å². The second-order valence-electron chi connectivity index (χ2n) is 6.05. The molecule has 0 aliphatic carbocycles. The van der Waals surface area contributed by atoms with Crippen molar-refractivity contribution in [1.29, 1.82) is 0 Å². The Hall–Kier alpha value is -1.26. The van der Waals surface area contributed by atoms with E-state index in [1.165, 1.54) is 37.2 Å². The predicted octanol–water partition coefficient (Wildman–Crippen LogP) is 1.45. The monoisotopic (exact) mass is 274 g/mol. The summed E-state index contributed by atoms with van der Waals surface area (Å²) in [6.45, 7) is 9.20. The molecule has 0 spiro atoms. The number of benzene rings is 1. The second kappa shape index (κ2) is 6.02. The summed E-state index contributed by atoms with van der Waals surface area (Å²) in [7, 11) is 0. The normalized spacial score (nSPS) is 22.1. The molecular weight excluding hydrogens is 248 g/mol. The Balaban J connectivity index is 1.61. The first-order valence-electron chi connectivity index (χ1n) is 7.80. The molecular formula is C16H26N4. The van der Waals surface area contributed by atoms with Gasteiger partial charge in [-0.2, -0.15) is 0 Å². The Kier molecular flexibility index (Phi) is 4.13. The number of aryl methyl sites for hydroxylation is 1. The van der Waals surface area contributed by atoms with Crippen molar-refractivity contribution in [3.63, 3.8) is 0 Å². The van der Waals surface area contributed by atoms with E-state index >= 15 is 0 Å². The molecule has 0 saturated carbocycles. The molecule has 2 aliphatic heterocycles. The fourth-order valence-corrected chi connectivity index (χ4v) is 3.49. The van der Waals surface area contributed by atoms with Crippen LogP contribution in [0.15, 0.2) is 18.2 Å². The minimum Gasteiger partial charge on any atom is -0.399 e. The van der Waals surface area contributed by atoms with E-state index in [0.717, 1.165) is 37.9 Å². The van der Waals surface area contributed by atoms with Crippen molar-refractivity contribution in [3.8, 4) is 0 Å². The summed E-state index contributed by atoms with van der Waals surface area (Å²) >= 11 is 0. The lowest BCUT2D eigenvalue weighted by Crippen LogP contribution is -2.52. The lowest BCUT2D eigenvalue weighted by Gasteiger charge is -2.41. The zero-order chi connectivity index (χ0) is 13.9. The summed E-state index contributed by atoms with van der Waals surface area (Å²) < 4.78 is 0. The van der Waals surface area contributed by atoms with Gasteiger partial charge >= 0.3 is 0 Å². The van der Waals surface area contributed by atoms with Gasteiger partial charge in [-0.1, -0.05) is 6.07 Å². The van der Waals surface area contributed by atoms with Gasteiger partial charge < -0.3 is 16.0 Å². The molecule has 2 fully saturated rings. The molecule has 0 aromatic heterocycles. The number of hydrogen-bond acceptors (Lipinski definition) is 4. The third kappa shape index (κ3) is 2.91. The Morgan fingerprint density at radius 3 is 2.50 bits per heavy atom. The van der Waals surface area contributed by atoms with Crippen LogP contribution in [0.5, 0.6) is 0 Å². The van der Waals surface area contributed by atoms with E-state index in [1.807, 2.05) is 6.07 Å². The lowest BCUT2D eigenvalue weighted by atomic mass is 10.0.